The van der Waals surface area contributed by atoms with Crippen molar-refractivity contribution in [3.63, 3.8) is 0 Å². The molecular formula is C12H9Br2N3O4. The number of aryl methyl sites for hydroxylation is 1. The fourth-order valence-electron chi connectivity index (χ4n) is 1.60. The molecule has 0 aliphatic rings. The molecule has 2 aromatic rings. The number of ether oxygens (including phenoxy) is 2. The van der Waals surface area contributed by atoms with Crippen LogP contribution in [0.3, 0.4) is 0 Å². The van der Waals surface area contributed by atoms with Gasteiger partial charge in [0.25, 0.3) is 0 Å². The third-order valence-electron chi connectivity index (χ3n) is 2.49. The summed E-state index contributed by atoms with van der Waals surface area (Å²) in [7, 11) is 1.45. The zero-order valence-electron chi connectivity index (χ0n) is 11.0. The Hall–Kier alpha value is -1.74. The molecule has 0 atom stereocenters. The monoisotopic (exact) mass is 417 g/mol. The van der Waals surface area contributed by atoms with Crippen LogP contribution in [0.15, 0.2) is 27.3 Å². The van der Waals surface area contributed by atoms with Gasteiger partial charge in [0, 0.05) is 16.1 Å². The Labute approximate surface area is 136 Å². The van der Waals surface area contributed by atoms with Gasteiger partial charge in [-0.05, 0) is 28.9 Å². The molecule has 0 amide bonds. The maximum Gasteiger partial charge on any atom is 0.325 e. The smallest absolute Gasteiger partial charge is 0.325 e. The number of rotatable bonds is 4. The zero-order chi connectivity index (χ0) is 15.6. The Balaban J connectivity index is 2.46. The van der Waals surface area contributed by atoms with Gasteiger partial charge in [-0.1, -0.05) is 15.9 Å². The molecule has 0 spiro atoms. The molecule has 0 bridgehead atoms. The van der Waals surface area contributed by atoms with Gasteiger partial charge in [-0.3, -0.25) is 10.1 Å². The van der Waals surface area contributed by atoms with Crippen molar-refractivity contribution in [3.05, 3.63) is 43.0 Å². The predicted molar refractivity (Wildman–Crippen MR) is 81.9 cm³/mol. The van der Waals surface area contributed by atoms with Crippen molar-refractivity contribution in [3.8, 4) is 17.6 Å². The molecule has 0 N–H and O–H groups in total. The predicted octanol–water partition coefficient (Wildman–Crippen LogP) is 4.02. The van der Waals surface area contributed by atoms with Gasteiger partial charge < -0.3 is 9.47 Å². The number of nitrogens with zero attached hydrogens (tertiary/aromatic N) is 3. The number of nitro benzene ring substituents is 1. The van der Waals surface area contributed by atoms with Crippen molar-refractivity contribution < 1.29 is 14.4 Å². The van der Waals surface area contributed by atoms with Gasteiger partial charge >= 0.3 is 11.7 Å². The van der Waals surface area contributed by atoms with Crippen LogP contribution in [0.2, 0.25) is 0 Å². The summed E-state index contributed by atoms with van der Waals surface area (Å²) in [4.78, 5) is 18.6. The molecule has 7 nitrogen and oxygen atoms in total. The lowest BCUT2D eigenvalue weighted by Crippen LogP contribution is -2.00. The third kappa shape index (κ3) is 3.48. The largest absolute Gasteiger partial charge is 0.480 e. The molecule has 1 aromatic heterocycles. The Bertz CT molecular complexity index is 709. The Kier molecular flexibility index (Phi) is 4.73. The van der Waals surface area contributed by atoms with Gasteiger partial charge in [0.1, 0.15) is 0 Å². The van der Waals surface area contributed by atoms with Gasteiger partial charge in [-0.15, -0.1) is 0 Å². The first-order valence-electron chi connectivity index (χ1n) is 5.61. The minimum atomic E-state index is -0.525. The average Bonchev–Trinajstić information content (AvgIpc) is 2.43. The van der Waals surface area contributed by atoms with E-state index in [2.05, 4.69) is 41.8 Å². The fourth-order valence-corrected chi connectivity index (χ4v) is 2.51. The Morgan fingerprint density at radius 3 is 2.67 bits per heavy atom. The van der Waals surface area contributed by atoms with Gasteiger partial charge in [0.2, 0.25) is 11.6 Å². The molecule has 0 fully saturated rings. The van der Waals surface area contributed by atoms with E-state index < -0.39 is 4.92 Å². The van der Waals surface area contributed by atoms with E-state index >= 15 is 0 Å². The number of methoxy groups -OCH3 is 1. The van der Waals surface area contributed by atoms with Crippen molar-refractivity contribution >= 4 is 37.5 Å². The van der Waals surface area contributed by atoms with Crippen molar-refractivity contribution in [2.45, 2.75) is 6.92 Å². The van der Waals surface area contributed by atoms with E-state index in [-0.39, 0.29) is 23.3 Å². The highest BCUT2D eigenvalue weighted by Crippen LogP contribution is 2.37. The van der Waals surface area contributed by atoms with E-state index in [1.165, 1.54) is 19.4 Å². The molecule has 0 aliphatic heterocycles. The lowest BCUT2D eigenvalue weighted by atomic mass is 10.2. The number of nitro groups is 1. The maximum absolute atomic E-state index is 11.1. The normalized spacial score (nSPS) is 10.3. The maximum atomic E-state index is 11.1. The molecule has 0 saturated heterocycles. The van der Waals surface area contributed by atoms with Gasteiger partial charge in [0.15, 0.2) is 0 Å². The minimum absolute atomic E-state index is 0.0384. The van der Waals surface area contributed by atoms with Crippen LogP contribution in [0, 0.1) is 17.0 Å². The number of hydrogen-bond acceptors (Lipinski definition) is 6. The van der Waals surface area contributed by atoms with Crippen molar-refractivity contribution in [2.24, 2.45) is 0 Å². The molecule has 2 rings (SSSR count). The second kappa shape index (κ2) is 6.35. The summed E-state index contributed by atoms with van der Waals surface area (Å²) in [5.74, 6) is 0.366. The van der Waals surface area contributed by atoms with Crippen molar-refractivity contribution in [1.82, 2.24) is 9.97 Å². The first-order chi connectivity index (χ1) is 9.92. The molecule has 1 heterocycles. The Morgan fingerprint density at radius 2 is 2.05 bits per heavy atom. The van der Waals surface area contributed by atoms with Crippen LogP contribution >= 0.6 is 31.9 Å². The van der Waals surface area contributed by atoms with Crippen LogP contribution < -0.4 is 9.47 Å². The summed E-state index contributed by atoms with van der Waals surface area (Å²) in [6.45, 7) is 1.70. The number of benzene rings is 1. The van der Waals surface area contributed by atoms with Gasteiger partial charge in [-0.25, -0.2) is 4.98 Å². The van der Waals surface area contributed by atoms with Crippen LogP contribution in [0.25, 0.3) is 0 Å². The standard InChI is InChI=1S/C12H9Br2N3O4/c1-6-3-7(13)4-9(17(18)19)10(6)21-12-15-5-8(14)11(16-12)20-2/h3-5H,1-2H3. The van der Waals surface area contributed by atoms with Crippen molar-refractivity contribution in [1.29, 1.82) is 0 Å². The minimum Gasteiger partial charge on any atom is -0.480 e. The molecule has 0 aliphatic carbocycles. The fraction of sp³-hybridized carbons (Fsp3) is 0.167. The molecular weight excluding hydrogens is 410 g/mol. The average molecular weight is 419 g/mol. The van der Waals surface area contributed by atoms with Crippen LogP contribution in [-0.2, 0) is 0 Å². The van der Waals surface area contributed by atoms with Crippen LogP contribution in [-0.4, -0.2) is 22.0 Å². The van der Waals surface area contributed by atoms with Crippen LogP contribution in [0.1, 0.15) is 5.56 Å². The summed E-state index contributed by atoms with van der Waals surface area (Å²) < 4.78 is 11.6. The molecule has 9 heteroatoms. The van der Waals surface area contributed by atoms with E-state index in [4.69, 9.17) is 9.47 Å². The van der Waals surface area contributed by atoms with Crippen LogP contribution in [0.5, 0.6) is 17.6 Å². The summed E-state index contributed by atoms with van der Waals surface area (Å²) in [6.07, 6.45) is 1.45. The zero-order valence-corrected chi connectivity index (χ0v) is 14.1. The number of hydrogen-bond donors (Lipinski definition) is 0. The second-order valence-electron chi connectivity index (χ2n) is 3.94. The summed E-state index contributed by atoms with van der Waals surface area (Å²) in [6, 6.07) is 3.03. The first-order valence-corrected chi connectivity index (χ1v) is 7.20. The van der Waals surface area contributed by atoms with Crippen molar-refractivity contribution in [2.75, 3.05) is 7.11 Å². The van der Waals surface area contributed by atoms with Crippen LogP contribution in [0.4, 0.5) is 5.69 Å². The van der Waals surface area contributed by atoms with Gasteiger partial charge in [-0.2, -0.15) is 4.98 Å². The van der Waals surface area contributed by atoms with E-state index in [1.807, 2.05) is 0 Å². The van der Waals surface area contributed by atoms with E-state index in [0.29, 0.717) is 14.5 Å². The first kappa shape index (κ1) is 15.6. The Morgan fingerprint density at radius 1 is 1.33 bits per heavy atom. The summed E-state index contributed by atoms with van der Waals surface area (Å²) in [5.41, 5.74) is 0.411. The number of halogens is 2. The molecule has 0 unspecified atom stereocenters. The van der Waals surface area contributed by atoms with E-state index in [1.54, 1.807) is 13.0 Å². The molecule has 0 radical (unpaired) electrons. The quantitative estimate of drug-likeness (QED) is 0.550. The molecule has 21 heavy (non-hydrogen) atoms. The summed E-state index contributed by atoms with van der Waals surface area (Å²) in [5, 5.41) is 11.1. The SMILES string of the molecule is COc1nc(Oc2c(C)cc(Br)cc2[N+](=O)[O-])ncc1Br. The number of aromatic nitrogens is 2. The lowest BCUT2D eigenvalue weighted by molar-refractivity contribution is -0.385. The topological polar surface area (TPSA) is 87.4 Å². The summed E-state index contributed by atoms with van der Waals surface area (Å²) >= 11 is 6.43. The highest BCUT2D eigenvalue weighted by Gasteiger charge is 2.21. The van der Waals surface area contributed by atoms with E-state index in [0.717, 1.165) is 0 Å². The molecule has 1 aromatic carbocycles. The molecule has 0 saturated carbocycles. The highest BCUT2D eigenvalue weighted by molar-refractivity contribution is 9.10. The third-order valence-corrected chi connectivity index (χ3v) is 3.49. The van der Waals surface area contributed by atoms with Gasteiger partial charge in [0.05, 0.1) is 22.7 Å². The highest BCUT2D eigenvalue weighted by atomic mass is 79.9. The van der Waals surface area contributed by atoms with E-state index in [9.17, 15) is 10.1 Å². The molecule has 110 valence electrons. The second-order valence-corrected chi connectivity index (χ2v) is 5.71. The lowest BCUT2D eigenvalue weighted by Gasteiger charge is -2.09.